The van der Waals surface area contributed by atoms with Crippen molar-refractivity contribution in [2.75, 3.05) is 12.0 Å². The van der Waals surface area contributed by atoms with Crippen LogP contribution < -0.4 is 0 Å². The van der Waals surface area contributed by atoms with Gasteiger partial charge in [-0.05, 0) is 42.2 Å². The van der Waals surface area contributed by atoms with Crippen molar-refractivity contribution in [3.63, 3.8) is 0 Å². The molecule has 122 valence electrons. The van der Waals surface area contributed by atoms with Crippen LogP contribution in [0, 0.1) is 5.82 Å². The number of carboxylic acids is 1. The molecule has 0 saturated carbocycles. The predicted molar refractivity (Wildman–Crippen MR) is 95.8 cm³/mol. The zero-order valence-electron chi connectivity index (χ0n) is 12.2. The Balaban J connectivity index is 2.24. The van der Waals surface area contributed by atoms with Crippen molar-refractivity contribution in [3.8, 4) is 0 Å². The Morgan fingerprint density at radius 1 is 1.48 bits per heavy atom. The zero-order valence-corrected chi connectivity index (χ0v) is 14.6. The summed E-state index contributed by atoms with van der Waals surface area (Å²) >= 11 is 7.75. The Morgan fingerprint density at radius 3 is 2.70 bits per heavy atom. The third-order valence-electron chi connectivity index (χ3n) is 3.18. The Bertz CT molecular complexity index is 660. The molecule has 0 bridgehead atoms. The first kappa shape index (κ1) is 18.0. The van der Waals surface area contributed by atoms with Crippen LogP contribution in [0.5, 0.6) is 0 Å². The van der Waals surface area contributed by atoms with E-state index in [-0.39, 0.29) is 10.1 Å². The monoisotopic (exact) mass is 371 g/mol. The first-order valence-electron chi connectivity index (χ1n) is 6.68. The number of carboxylic acid groups (broad SMARTS) is 1. The molecular weight excluding hydrogens is 357 g/mol. The van der Waals surface area contributed by atoms with Crippen molar-refractivity contribution in [2.24, 2.45) is 0 Å². The third-order valence-corrected chi connectivity index (χ3v) is 5.16. The fraction of sp³-hybridized carbons (Fsp3) is 0.267. The van der Waals surface area contributed by atoms with Gasteiger partial charge in [0, 0.05) is 0 Å². The molecular formula is C15H14FNO3S3. The number of carbonyl (C=O) groups excluding carboxylic acids is 1. The average Bonchev–Trinajstić information content (AvgIpc) is 2.77. The van der Waals surface area contributed by atoms with Crippen molar-refractivity contribution >= 4 is 58.0 Å². The molecule has 0 unspecified atom stereocenters. The maximum Gasteiger partial charge on any atom is 0.326 e. The maximum atomic E-state index is 12.9. The van der Waals surface area contributed by atoms with Crippen LogP contribution in [-0.4, -0.2) is 44.3 Å². The van der Waals surface area contributed by atoms with E-state index in [0.717, 1.165) is 16.7 Å². The van der Waals surface area contributed by atoms with E-state index in [1.165, 1.54) is 23.9 Å². The summed E-state index contributed by atoms with van der Waals surface area (Å²) in [4.78, 5) is 25.5. The number of aliphatic carboxylic acids is 1. The quantitative estimate of drug-likeness (QED) is 0.612. The molecule has 1 saturated heterocycles. The van der Waals surface area contributed by atoms with E-state index in [9.17, 15) is 19.1 Å². The minimum Gasteiger partial charge on any atom is -0.480 e. The van der Waals surface area contributed by atoms with Crippen LogP contribution in [0.4, 0.5) is 4.39 Å². The van der Waals surface area contributed by atoms with E-state index in [1.54, 1.807) is 18.2 Å². The molecule has 0 aliphatic carbocycles. The van der Waals surface area contributed by atoms with Crippen LogP contribution >= 0.6 is 35.7 Å². The highest BCUT2D eigenvalue weighted by molar-refractivity contribution is 8.26. The minimum atomic E-state index is -1.07. The number of thiocarbonyl (C=S) groups is 1. The molecule has 8 heteroatoms. The molecule has 23 heavy (non-hydrogen) atoms. The van der Waals surface area contributed by atoms with Crippen LogP contribution in [0.15, 0.2) is 29.2 Å². The summed E-state index contributed by atoms with van der Waals surface area (Å²) in [6.07, 6.45) is 3.79. The standard InChI is InChI=1S/C15H14FNO3S3/c1-22-7-6-11(14(19)20)17-13(18)12(23-15(17)21)8-9-2-4-10(16)5-3-9/h2-5,8,11H,6-7H2,1H3,(H,19,20)/b12-8-/t11-/m0/s1. The van der Waals surface area contributed by atoms with Crippen molar-refractivity contribution in [1.29, 1.82) is 0 Å². The van der Waals surface area contributed by atoms with E-state index >= 15 is 0 Å². The van der Waals surface area contributed by atoms with Crippen LogP contribution in [0.3, 0.4) is 0 Å². The van der Waals surface area contributed by atoms with Crippen molar-refractivity contribution in [2.45, 2.75) is 12.5 Å². The fourth-order valence-corrected chi connectivity index (χ4v) is 3.87. The van der Waals surface area contributed by atoms with Gasteiger partial charge < -0.3 is 5.11 Å². The molecule has 1 N–H and O–H groups in total. The van der Waals surface area contributed by atoms with Crippen LogP contribution in [-0.2, 0) is 9.59 Å². The molecule has 0 radical (unpaired) electrons. The van der Waals surface area contributed by atoms with E-state index in [1.807, 2.05) is 6.26 Å². The molecule has 0 aromatic heterocycles. The number of rotatable bonds is 6. The lowest BCUT2D eigenvalue weighted by molar-refractivity contribution is -0.145. The van der Waals surface area contributed by atoms with Gasteiger partial charge >= 0.3 is 5.97 Å². The normalized spacial score (nSPS) is 17.8. The number of thioether (sulfide) groups is 2. The van der Waals surface area contributed by atoms with Crippen LogP contribution in [0.1, 0.15) is 12.0 Å². The SMILES string of the molecule is CSCC[C@@H](C(=O)O)N1C(=O)/C(=C/c2ccc(F)cc2)SC1=S. The molecule has 1 aromatic carbocycles. The van der Waals surface area contributed by atoms with E-state index in [4.69, 9.17) is 12.2 Å². The second-order valence-corrected chi connectivity index (χ2v) is 7.40. The molecule has 1 aliphatic rings. The van der Waals surface area contributed by atoms with Crippen LogP contribution in [0.2, 0.25) is 0 Å². The first-order valence-corrected chi connectivity index (χ1v) is 9.30. The average molecular weight is 371 g/mol. The maximum absolute atomic E-state index is 12.9. The van der Waals surface area contributed by atoms with Gasteiger partial charge in [-0.3, -0.25) is 9.69 Å². The van der Waals surface area contributed by atoms with Crippen molar-refractivity contribution in [1.82, 2.24) is 4.90 Å². The molecule has 1 aliphatic heterocycles. The summed E-state index contributed by atoms with van der Waals surface area (Å²) in [6.45, 7) is 0. The number of hydrogen-bond acceptors (Lipinski definition) is 5. The number of nitrogens with zero attached hydrogens (tertiary/aromatic N) is 1. The molecule has 2 rings (SSSR count). The summed E-state index contributed by atoms with van der Waals surface area (Å²) in [7, 11) is 0. The van der Waals surface area contributed by atoms with Gasteiger partial charge in [-0.25, -0.2) is 9.18 Å². The molecule has 1 amide bonds. The van der Waals surface area contributed by atoms with Crippen LogP contribution in [0.25, 0.3) is 6.08 Å². The third kappa shape index (κ3) is 4.33. The zero-order chi connectivity index (χ0) is 17.0. The number of halogens is 1. The molecule has 1 fully saturated rings. The summed E-state index contributed by atoms with van der Waals surface area (Å²) in [5.74, 6) is -1.24. The van der Waals surface area contributed by atoms with Gasteiger partial charge in [-0.1, -0.05) is 36.1 Å². The Morgan fingerprint density at radius 2 is 2.13 bits per heavy atom. The Hall–Kier alpha value is -1.38. The Labute approximate surface area is 147 Å². The number of amides is 1. The fourth-order valence-electron chi connectivity index (χ4n) is 2.05. The van der Waals surface area contributed by atoms with Crippen molar-refractivity contribution < 1.29 is 19.1 Å². The summed E-state index contributed by atoms with van der Waals surface area (Å²) in [5.41, 5.74) is 0.655. The van der Waals surface area contributed by atoms with Gasteiger partial charge in [0.2, 0.25) is 0 Å². The molecule has 4 nitrogen and oxygen atoms in total. The topological polar surface area (TPSA) is 57.6 Å². The smallest absolute Gasteiger partial charge is 0.326 e. The number of benzene rings is 1. The molecule has 1 atom stereocenters. The Kier molecular flexibility index (Phi) is 6.20. The van der Waals surface area contributed by atoms with Gasteiger partial charge in [0.25, 0.3) is 5.91 Å². The van der Waals surface area contributed by atoms with Gasteiger partial charge in [0.1, 0.15) is 16.2 Å². The van der Waals surface area contributed by atoms with Gasteiger partial charge in [-0.15, -0.1) is 0 Å². The predicted octanol–water partition coefficient (Wildman–Crippen LogP) is 3.23. The van der Waals surface area contributed by atoms with E-state index < -0.39 is 17.9 Å². The summed E-state index contributed by atoms with van der Waals surface area (Å²) < 4.78 is 13.2. The highest BCUT2D eigenvalue weighted by Crippen LogP contribution is 2.34. The highest BCUT2D eigenvalue weighted by Gasteiger charge is 2.40. The van der Waals surface area contributed by atoms with E-state index in [2.05, 4.69) is 0 Å². The molecule has 0 spiro atoms. The molecule has 1 aromatic rings. The lowest BCUT2D eigenvalue weighted by Crippen LogP contribution is -2.44. The van der Waals surface area contributed by atoms with Gasteiger partial charge in [0.15, 0.2) is 0 Å². The van der Waals surface area contributed by atoms with Gasteiger partial charge in [0.05, 0.1) is 4.91 Å². The highest BCUT2D eigenvalue weighted by atomic mass is 32.2. The van der Waals surface area contributed by atoms with Gasteiger partial charge in [-0.2, -0.15) is 11.8 Å². The second-order valence-electron chi connectivity index (χ2n) is 4.74. The molecule has 1 heterocycles. The second kappa shape index (κ2) is 7.94. The minimum absolute atomic E-state index is 0.233. The number of carbonyl (C=O) groups is 2. The van der Waals surface area contributed by atoms with E-state index in [0.29, 0.717) is 22.6 Å². The number of hydrogen-bond donors (Lipinski definition) is 1. The first-order chi connectivity index (χ1) is 10.9. The largest absolute Gasteiger partial charge is 0.480 e. The van der Waals surface area contributed by atoms with Crippen molar-refractivity contribution in [3.05, 3.63) is 40.6 Å². The lowest BCUT2D eigenvalue weighted by Gasteiger charge is -2.22. The summed E-state index contributed by atoms with van der Waals surface area (Å²) in [6, 6.07) is 4.72. The summed E-state index contributed by atoms with van der Waals surface area (Å²) in [5, 5.41) is 9.37. The lowest BCUT2D eigenvalue weighted by atomic mass is 10.1.